The second kappa shape index (κ2) is 5.65. The molecule has 4 heteroatoms. The number of aliphatic hydroxyl groups is 1. The zero-order chi connectivity index (χ0) is 13.9. The van der Waals surface area contributed by atoms with Gasteiger partial charge >= 0.3 is 0 Å². The zero-order valence-electron chi connectivity index (χ0n) is 11.3. The first-order valence-corrected chi connectivity index (χ1v) is 5.95. The fraction of sp³-hybridized carbons (Fsp3) is 0.571. The minimum absolute atomic E-state index is 0.0143. The summed E-state index contributed by atoms with van der Waals surface area (Å²) in [6, 6.07) is 2.16. The number of benzene rings is 1. The second-order valence-corrected chi connectivity index (χ2v) is 5.62. The van der Waals surface area contributed by atoms with Crippen LogP contribution in [-0.2, 0) is 0 Å². The van der Waals surface area contributed by atoms with Gasteiger partial charge in [0.15, 0.2) is 0 Å². The van der Waals surface area contributed by atoms with Crippen LogP contribution in [0.3, 0.4) is 0 Å². The van der Waals surface area contributed by atoms with Crippen molar-refractivity contribution in [2.45, 2.75) is 39.7 Å². The lowest BCUT2D eigenvalue weighted by Crippen LogP contribution is -2.10. The number of aliphatic hydroxyl groups excluding tert-OH is 1. The highest BCUT2D eigenvalue weighted by Crippen LogP contribution is 2.31. The van der Waals surface area contributed by atoms with Crippen molar-refractivity contribution in [3.05, 3.63) is 29.3 Å². The van der Waals surface area contributed by atoms with Gasteiger partial charge in [0.25, 0.3) is 0 Å². The van der Waals surface area contributed by atoms with Crippen LogP contribution in [0.1, 0.15) is 45.3 Å². The summed E-state index contributed by atoms with van der Waals surface area (Å²) in [6.45, 7) is 6.04. The molecule has 1 atom stereocenters. The molecule has 1 aromatic carbocycles. The quantitative estimate of drug-likeness (QED) is 0.889. The number of hydrogen-bond donors (Lipinski definition) is 1. The molecule has 1 rings (SSSR count). The van der Waals surface area contributed by atoms with E-state index in [-0.39, 0.29) is 16.7 Å². The van der Waals surface area contributed by atoms with Gasteiger partial charge < -0.3 is 9.84 Å². The highest BCUT2D eigenvalue weighted by Gasteiger charge is 2.21. The van der Waals surface area contributed by atoms with Crippen molar-refractivity contribution in [1.82, 2.24) is 0 Å². The van der Waals surface area contributed by atoms with E-state index >= 15 is 0 Å². The Balaban J connectivity index is 2.89. The van der Waals surface area contributed by atoms with Gasteiger partial charge in [-0.2, -0.15) is 0 Å². The van der Waals surface area contributed by atoms with Crippen molar-refractivity contribution in [2.24, 2.45) is 5.41 Å². The molecule has 0 aliphatic heterocycles. The molecule has 0 fully saturated rings. The van der Waals surface area contributed by atoms with E-state index in [0.717, 1.165) is 12.1 Å². The van der Waals surface area contributed by atoms with Gasteiger partial charge in [0.1, 0.15) is 17.4 Å². The van der Waals surface area contributed by atoms with Crippen molar-refractivity contribution in [3.63, 3.8) is 0 Å². The van der Waals surface area contributed by atoms with Crippen LogP contribution in [0.4, 0.5) is 8.78 Å². The summed E-state index contributed by atoms with van der Waals surface area (Å²) in [7, 11) is 1.34. The Bertz CT molecular complexity index is 388. The predicted octanol–water partition coefficient (Wildman–Crippen LogP) is 3.83. The van der Waals surface area contributed by atoms with Gasteiger partial charge in [-0.15, -0.1) is 0 Å². The van der Waals surface area contributed by atoms with E-state index in [9.17, 15) is 13.9 Å². The van der Waals surface area contributed by atoms with Crippen molar-refractivity contribution in [1.29, 1.82) is 0 Å². The van der Waals surface area contributed by atoms with Gasteiger partial charge in [-0.05, 0) is 18.3 Å². The van der Waals surface area contributed by atoms with Crippen molar-refractivity contribution >= 4 is 0 Å². The lowest BCUT2D eigenvalue weighted by atomic mass is 9.88. The lowest BCUT2D eigenvalue weighted by Gasteiger charge is -2.21. The number of methoxy groups -OCH3 is 1. The van der Waals surface area contributed by atoms with Gasteiger partial charge in [0, 0.05) is 12.1 Å². The van der Waals surface area contributed by atoms with Crippen LogP contribution in [0.5, 0.6) is 5.75 Å². The van der Waals surface area contributed by atoms with Crippen molar-refractivity contribution in [2.75, 3.05) is 7.11 Å². The number of hydrogen-bond acceptors (Lipinski definition) is 2. The molecule has 2 nitrogen and oxygen atoms in total. The molecule has 0 spiro atoms. The standard InChI is InChI=1S/C14H20F2O2/c1-14(2,3)6-5-12(17)13-10(15)7-9(18-4)8-11(13)16/h7-8,12,17H,5-6H2,1-4H3. The third kappa shape index (κ3) is 3.95. The van der Waals surface area contributed by atoms with Crippen LogP contribution in [0.25, 0.3) is 0 Å². The average molecular weight is 258 g/mol. The fourth-order valence-corrected chi connectivity index (χ4v) is 1.71. The number of ether oxygens (including phenoxy) is 1. The summed E-state index contributed by atoms with van der Waals surface area (Å²) in [5.74, 6) is -1.43. The monoisotopic (exact) mass is 258 g/mol. The van der Waals surface area contributed by atoms with Crippen LogP contribution < -0.4 is 4.74 Å². The third-order valence-electron chi connectivity index (χ3n) is 2.79. The molecule has 18 heavy (non-hydrogen) atoms. The van der Waals surface area contributed by atoms with E-state index < -0.39 is 17.7 Å². The topological polar surface area (TPSA) is 29.5 Å². The zero-order valence-corrected chi connectivity index (χ0v) is 11.3. The minimum atomic E-state index is -1.13. The number of halogens is 2. The first-order valence-electron chi connectivity index (χ1n) is 5.95. The first-order chi connectivity index (χ1) is 8.24. The van der Waals surface area contributed by atoms with Crippen molar-refractivity contribution < 1.29 is 18.6 Å². The molecule has 1 unspecified atom stereocenters. The Labute approximate surface area is 107 Å². The maximum Gasteiger partial charge on any atom is 0.135 e. The van der Waals surface area contributed by atoms with Gasteiger partial charge in [-0.25, -0.2) is 8.78 Å². The fourth-order valence-electron chi connectivity index (χ4n) is 1.71. The summed E-state index contributed by atoms with van der Waals surface area (Å²) < 4.78 is 32.1. The largest absolute Gasteiger partial charge is 0.497 e. The molecule has 0 saturated carbocycles. The molecular weight excluding hydrogens is 238 g/mol. The van der Waals surface area contributed by atoms with E-state index in [1.807, 2.05) is 20.8 Å². The molecule has 0 aromatic heterocycles. The normalized spacial score (nSPS) is 13.5. The van der Waals surface area contributed by atoms with E-state index in [2.05, 4.69) is 0 Å². The van der Waals surface area contributed by atoms with E-state index in [0.29, 0.717) is 12.8 Å². The summed E-state index contributed by atoms with van der Waals surface area (Å²) in [4.78, 5) is 0. The maximum absolute atomic E-state index is 13.7. The summed E-state index contributed by atoms with van der Waals surface area (Å²) in [5.41, 5.74) is -0.263. The van der Waals surface area contributed by atoms with Gasteiger partial charge in [0.2, 0.25) is 0 Å². The summed E-state index contributed by atoms with van der Waals surface area (Å²) in [5, 5.41) is 9.89. The molecule has 0 saturated heterocycles. The summed E-state index contributed by atoms with van der Waals surface area (Å²) in [6.07, 6.45) is -0.127. The van der Waals surface area contributed by atoms with Gasteiger partial charge in [-0.3, -0.25) is 0 Å². The molecule has 0 aliphatic rings. The highest BCUT2D eigenvalue weighted by molar-refractivity contribution is 5.31. The Morgan fingerprint density at radius 3 is 2.11 bits per heavy atom. The van der Waals surface area contributed by atoms with Crippen LogP contribution in [0.2, 0.25) is 0 Å². The molecule has 0 radical (unpaired) electrons. The molecule has 0 heterocycles. The van der Waals surface area contributed by atoms with E-state index in [4.69, 9.17) is 4.74 Å². The van der Waals surface area contributed by atoms with Gasteiger partial charge in [-0.1, -0.05) is 20.8 Å². The molecule has 1 N–H and O–H groups in total. The van der Waals surface area contributed by atoms with Crippen LogP contribution in [-0.4, -0.2) is 12.2 Å². The molecule has 0 aliphatic carbocycles. The Kier molecular flexibility index (Phi) is 4.68. The first kappa shape index (κ1) is 14.9. The maximum atomic E-state index is 13.7. The smallest absolute Gasteiger partial charge is 0.135 e. The van der Waals surface area contributed by atoms with Crippen LogP contribution in [0.15, 0.2) is 12.1 Å². The predicted molar refractivity (Wildman–Crippen MR) is 66.6 cm³/mol. The Hall–Kier alpha value is -1.16. The van der Waals surface area contributed by atoms with Crippen LogP contribution >= 0.6 is 0 Å². The molecule has 1 aromatic rings. The van der Waals surface area contributed by atoms with E-state index in [1.165, 1.54) is 7.11 Å². The average Bonchev–Trinajstić information content (AvgIpc) is 2.24. The van der Waals surface area contributed by atoms with Gasteiger partial charge in [0.05, 0.1) is 18.8 Å². The Morgan fingerprint density at radius 2 is 1.72 bits per heavy atom. The van der Waals surface area contributed by atoms with E-state index in [1.54, 1.807) is 0 Å². The third-order valence-corrected chi connectivity index (χ3v) is 2.79. The minimum Gasteiger partial charge on any atom is -0.497 e. The lowest BCUT2D eigenvalue weighted by molar-refractivity contribution is 0.139. The number of rotatable bonds is 4. The molecular formula is C14H20F2O2. The van der Waals surface area contributed by atoms with Crippen LogP contribution in [0, 0.1) is 17.0 Å². The second-order valence-electron chi connectivity index (χ2n) is 5.62. The molecule has 0 bridgehead atoms. The highest BCUT2D eigenvalue weighted by atomic mass is 19.1. The molecule has 0 amide bonds. The van der Waals surface area contributed by atoms with Crippen molar-refractivity contribution in [3.8, 4) is 5.75 Å². The SMILES string of the molecule is COc1cc(F)c(C(O)CCC(C)(C)C)c(F)c1. The molecule has 102 valence electrons. The summed E-state index contributed by atoms with van der Waals surface area (Å²) >= 11 is 0. The Morgan fingerprint density at radius 1 is 1.22 bits per heavy atom.